The first-order valence-corrected chi connectivity index (χ1v) is 3.02. The molecule has 1 aromatic carbocycles. The molecule has 0 saturated heterocycles. The number of halogens is 1. The zero-order valence-electron chi connectivity index (χ0n) is 6.03. The lowest BCUT2D eigenvalue weighted by atomic mass is 10.4. The molecule has 0 aliphatic carbocycles. The molecule has 0 aliphatic rings. The Morgan fingerprint density at radius 1 is 0.900 bits per heavy atom. The summed E-state index contributed by atoms with van der Waals surface area (Å²) in [5, 5.41) is 7.57. The highest BCUT2D eigenvalue weighted by Gasteiger charge is 1.57. The van der Waals surface area contributed by atoms with E-state index in [9.17, 15) is 0 Å². The largest absolute Gasteiger partial charge is 0.397 e. The fourth-order valence-electron chi connectivity index (χ4n) is 0.385. The summed E-state index contributed by atoms with van der Waals surface area (Å²) in [5.74, 6) is 0. The normalized spacial score (nSPS) is 6.60. The van der Waals surface area contributed by atoms with Gasteiger partial charge in [-0.05, 0) is 6.92 Å². The van der Waals surface area contributed by atoms with Crippen molar-refractivity contribution in [1.29, 1.82) is 0 Å². The van der Waals surface area contributed by atoms with Gasteiger partial charge in [-0.25, -0.2) is 0 Å². The molecule has 1 rings (SSSR count). The van der Waals surface area contributed by atoms with E-state index in [1.54, 1.807) is 6.92 Å². The molecule has 2 heteroatoms. The Balaban J connectivity index is 0. The zero-order valence-corrected chi connectivity index (χ0v) is 6.84. The van der Waals surface area contributed by atoms with Crippen LogP contribution in [0.15, 0.2) is 36.4 Å². The Morgan fingerprint density at radius 2 is 1.00 bits per heavy atom. The van der Waals surface area contributed by atoms with E-state index in [1.807, 2.05) is 36.4 Å². The molecule has 0 spiro atoms. The van der Waals surface area contributed by atoms with Gasteiger partial charge >= 0.3 is 0 Å². The fourth-order valence-corrected chi connectivity index (χ4v) is 0.385. The van der Waals surface area contributed by atoms with Crippen LogP contribution in [-0.2, 0) is 0 Å². The maximum atomic E-state index is 7.57. The number of aliphatic hydroxyl groups is 1. The third-order valence-corrected chi connectivity index (χ3v) is 0.667. The molecule has 0 radical (unpaired) electrons. The van der Waals surface area contributed by atoms with Crippen molar-refractivity contribution in [1.82, 2.24) is 0 Å². The highest BCUT2D eigenvalue weighted by molar-refractivity contribution is 5.85. The molecule has 0 bridgehead atoms. The average molecular weight is 161 g/mol. The first-order valence-electron chi connectivity index (χ1n) is 3.02. The van der Waals surface area contributed by atoms with Crippen LogP contribution in [0.1, 0.15) is 6.92 Å². The van der Waals surface area contributed by atoms with Crippen LogP contribution in [0, 0.1) is 0 Å². The molecule has 0 atom stereocenters. The Morgan fingerprint density at radius 3 is 1.10 bits per heavy atom. The summed E-state index contributed by atoms with van der Waals surface area (Å²) >= 11 is 0. The second kappa shape index (κ2) is 11.3. The Bertz CT molecular complexity index is 92.1. The van der Waals surface area contributed by atoms with Crippen LogP contribution in [0.4, 0.5) is 0 Å². The van der Waals surface area contributed by atoms with E-state index >= 15 is 0 Å². The van der Waals surface area contributed by atoms with Crippen molar-refractivity contribution in [2.45, 2.75) is 6.92 Å². The zero-order chi connectivity index (χ0) is 6.95. The molecule has 0 unspecified atom stereocenters. The molecule has 58 valence electrons. The molecule has 0 aliphatic heterocycles. The fraction of sp³-hybridized carbons (Fsp3) is 0.250. The van der Waals surface area contributed by atoms with Crippen molar-refractivity contribution in [2.24, 2.45) is 0 Å². The van der Waals surface area contributed by atoms with E-state index in [2.05, 4.69) is 0 Å². The van der Waals surface area contributed by atoms with Gasteiger partial charge in [-0.15, -0.1) is 12.4 Å². The number of rotatable bonds is 0. The molecule has 0 fully saturated rings. The lowest BCUT2D eigenvalue weighted by Gasteiger charge is -1.69. The molecule has 1 N–H and O–H groups in total. The van der Waals surface area contributed by atoms with E-state index in [0.717, 1.165) is 0 Å². The van der Waals surface area contributed by atoms with Crippen LogP contribution in [0.3, 0.4) is 0 Å². The average Bonchev–Trinajstić information content (AvgIpc) is 1.93. The molecule has 10 heavy (non-hydrogen) atoms. The molecule has 0 amide bonds. The highest BCUT2D eigenvalue weighted by atomic mass is 35.5. The monoisotopic (exact) mass is 160 g/mol. The predicted molar refractivity (Wildman–Crippen MR) is 46.4 cm³/mol. The smallest absolute Gasteiger partial charge is 0.0402 e. The summed E-state index contributed by atoms with van der Waals surface area (Å²) in [4.78, 5) is 0. The van der Waals surface area contributed by atoms with Crippen molar-refractivity contribution in [3.05, 3.63) is 36.4 Å². The summed E-state index contributed by atoms with van der Waals surface area (Å²) in [6.45, 7) is 1.93. The van der Waals surface area contributed by atoms with Gasteiger partial charge in [0.15, 0.2) is 0 Å². The van der Waals surface area contributed by atoms with E-state index in [0.29, 0.717) is 0 Å². The van der Waals surface area contributed by atoms with Crippen LogP contribution in [0.5, 0.6) is 0 Å². The van der Waals surface area contributed by atoms with E-state index in [-0.39, 0.29) is 19.0 Å². The lowest BCUT2D eigenvalue weighted by molar-refractivity contribution is 0.318. The van der Waals surface area contributed by atoms with Crippen molar-refractivity contribution >= 4 is 12.4 Å². The third-order valence-electron chi connectivity index (χ3n) is 0.667. The molecule has 0 saturated carbocycles. The summed E-state index contributed by atoms with van der Waals surface area (Å²) in [6.07, 6.45) is 0. The molecule has 0 heterocycles. The third kappa shape index (κ3) is 10.5. The van der Waals surface area contributed by atoms with Crippen LogP contribution < -0.4 is 0 Å². The minimum Gasteiger partial charge on any atom is -0.397 e. The summed E-state index contributed by atoms with van der Waals surface area (Å²) in [6, 6.07) is 12.0. The second-order valence-electron chi connectivity index (χ2n) is 1.47. The minimum absolute atomic E-state index is 0. The lowest BCUT2D eigenvalue weighted by Crippen LogP contribution is -1.57. The predicted octanol–water partition coefficient (Wildman–Crippen LogP) is 2.11. The van der Waals surface area contributed by atoms with Crippen molar-refractivity contribution in [2.75, 3.05) is 6.61 Å². The van der Waals surface area contributed by atoms with Gasteiger partial charge in [0.25, 0.3) is 0 Å². The molecule has 0 aromatic heterocycles. The molecular weight excluding hydrogens is 148 g/mol. The van der Waals surface area contributed by atoms with Gasteiger partial charge < -0.3 is 5.11 Å². The first-order chi connectivity index (χ1) is 4.41. The van der Waals surface area contributed by atoms with Gasteiger partial charge in [0.05, 0.1) is 0 Å². The summed E-state index contributed by atoms with van der Waals surface area (Å²) in [5.41, 5.74) is 0. The quantitative estimate of drug-likeness (QED) is 0.617. The van der Waals surface area contributed by atoms with Crippen LogP contribution in [0.25, 0.3) is 0 Å². The van der Waals surface area contributed by atoms with Gasteiger partial charge in [-0.2, -0.15) is 0 Å². The molecular formula is C8H13ClO. The second-order valence-corrected chi connectivity index (χ2v) is 1.47. The van der Waals surface area contributed by atoms with Crippen molar-refractivity contribution in [3.63, 3.8) is 0 Å². The Hall–Kier alpha value is -0.530. The van der Waals surface area contributed by atoms with Crippen molar-refractivity contribution < 1.29 is 5.11 Å². The van der Waals surface area contributed by atoms with E-state index in [1.165, 1.54) is 0 Å². The topological polar surface area (TPSA) is 20.2 Å². The molecule has 1 aromatic rings. The number of aliphatic hydroxyl groups excluding tert-OH is 1. The van der Waals surface area contributed by atoms with E-state index in [4.69, 9.17) is 5.11 Å². The Labute approximate surface area is 68.1 Å². The van der Waals surface area contributed by atoms with Crippen LogP contribution >= 0.6 is 12.4 Å². The van der Waals surface area contributed by atoms with Gasteiger partial charge in [-0.3, -0.25) is 0 Å². The number of hydrogen-bond donors (Lipinski definition) is 1. The van der Waals surface area contributed by atoms with Gasteiger partial charge in [0, 0.05) is 6.61 Å². The maximum Gasteiger partial charge on any atom is 0.0402 e. The van der Waals surface area contributed by atoms with E-state index < -0.39 is 0 Å². The van der Waals surface area contributed by atoms with Gasteiger partial charge in [0.2, 0.25) is 0 Å². The van der Waals surface area contributed by atoms with Gasteiger partial charge in [0.1, 0.15) is 0 Å². The number of hydrogen-bond acceptors (Lipinski definition) is 1. The minimum atomic E-state index is 0. The van der Waals surface area contributed by atoms with Crippen molar-refractivity contribution in [3.8, 4) is 0 Å². The standard InChI is InChI=1S/C6H6.C2H6O.ClH/c1-2-4-6-5-3-1;1-2-3;/h1-6H;3H,2H2,1H3;1H. The molecule has 1 nitrogen and oxygen atoms in total. The summed E-state index contributed by atoms with van der Waals surface area (Å²) in [7, 11) is 0. The maximum absolute atomic E-state index is 7.57. The first kappa shape index (κ1) is 12.2. The van der Waals surface area contributed by atoms with Crippen LogP contribution in [0.2, 0.25) is 0 Å². The summed E-state index contributed by atoms with van der Waals surface area (Å²) < 4.78 is 0. The highest BCUT2D eigenvalue weighted by Crippen LogP contribution is 1.79. The Kier molecular flexibility index (Phi) is 13.7. The van der Waals surface area contributed by atoms with Gasteiger partial charge in [-0.1, -0.05) is 36.4 Å². The SMILES string of the molecule is CCO.Cl.c1ccccc1. The number of benzene rings is 1. The van der Waals surface area contributed by atoms with Crippen LogP contribution in [-0.4, -0.2) is 11.7 Å².